The van der Waals surface area contributed by atoms with Crippen molar-refractivity contribution in [2.24, 2.45) is 0 Å². The Balaban J connectivity index is 1.19. The molecule has 2 N–H and O–H groups in total. The Morgan fingerprint density at radius 3 is 2.60 bits per heavy atom. The molecule has 1 saturated carbocycles. The maximum Gasteiger partial charge on any atom is 0.141 e. The fourth-order valence-electron chi connectivity index (χ4n) is 5.55. The molecule has 0 amide bonds. The zero-order valence-corrected chi connectivity index (χ0v) is 23.4. The molecule has 1 aliphatic heterocycles. The van der Waals surface area contributed by atoms with Gasteiger partial charge in [0.25, 0.3) is 0 Å². The van der Waals surface area contributed by atoms with Gasteiger partial charge in [-0.05, 0) is 69.0 Å². The fourth-order valence-corrected chi connectivity index (χ4v) is 6.00. The van der Waals surface area contributed by atoms with Gasteiger partial charge in [-0.3, -0.25) is 4.98 Å². The highest BCUT2D eigenvalue weighted by atomic mass is 35.5. The monoisotopic (exact) mass is 578 g/mol. The molecule has 6 rings (SSSR count). The first-order valence-electron chi connectivity index (χ1n) is 13.6. The number of pyridine rings is 1. The van der Waals surface area contributed by atoms with Crippen LogP contribution in [0.5, 0.6) is 0 Å². The van der Waals surface area contributed by atoms with E-state index < -0.39 is 5.82 Å². The normalized spacial score (nSPS) is 18.2. The number of anilines is 3. The second-order valence-electron chi connectivity index (χ2n) is 10.5. The second kappa shape index (κ2) is 11.6. The number of halogens is 3. The smallest absolute Gasteiger partial charge is 0.141 e. The summed E-state index contributed by atoms with van der Waals surface area (Å²) in [5.41, 5.74) is 3.49. The molecule has 2 aromatic carbocycles. The summed E-state index contributed by atoms with van der Waals surface area (Å²) in [6.07, 6.45) is 10.9. The van der Waals surface area contributed by atoms with E-state index in [2.05, 4.69) is 36.9 Å². The predicted molar refractivity (Wildman–Crippen MR) is 156 cm³/mol. The highest BCUT2D eigenvalue weighted by Crippen LogP contribution is 2.36. The third-order valence-electron chi connectivity index (χ3n) is 7.96. The van der Waals surface area contributed by atoms with Gasteiger partial charge in [-0.2, -0.15) is 5.26 Å². The molecular formula is C29H29Cl2FN8. The standard InChI is InChI=1S/C29H29Cl2FN8/c30-25-12-19(6-7-27(25)32)36-28-18(14-33)15-35-29-24(28)11-20(13-26(29)31)34-16-21-17-40(38-37-21)23-5-2-9-39(10-8-23)22-3-1-4-22/h6-7,11-13,15,17,22-23,34H,1-5,8-10,16H2,(H,35,36). The maximum absolute atomic E-state index is 13.7. The lowest BCUT2D eigenvalue weighted by Gasteiger charge is -2.36. The van der Waals surface area contributed by atoms with Crippen molar-refractivity contribution in [3.63, 3.8) is 0 Å². The summed E-state index contributed by atoms with van der Waals surface area (Å²) in [7, 11) is 0. The number of rotatable bonds is 7. The van der Waals surface area contributed by atoms with Gasteiger partial charge in [-0.25, -0.2) is 9.07 Å². The molecule has 206 valence electrons. The molecule has 2 aliphatic rings. The molecule has 1 aliphatic carbocycles. The van der Waals surface area contributed by atoms with Crippen LogP contribution in [-0.4, -0.2) is 44.0 Å². The molecular weight excluding hydrogens is 550 g/mol. The summed E-state index contributed by atoms with van der Waals surface area (Å²) in [5, 5.41) is 26.3. The number of benzene rings is 2. The molecule has 4 aromatic rings. The van der Waals surface area contributed by atoms with E-state index in [0.717, 1.165) is 36.8 Å². The van der Waals surface area contributed by atoms with Crippen LogP contribution in [-0.2, 0) is 6.54 Å². The number of hydrogen-bond donors (Lipinski definition) is 2. The molecule has 1 atom stereocenters. The SMILES string of the molecule is N#Cc1cnc2c(Cl)cc(NCc3cn(C4CCCN(C5CCC5)CC4)nn3)cc2c1Nc1ccc(F)c(Cl)c1. The first-order valence-corrected chi connectivity index (χ1v) is 14.4. The van der Waals surface area contributed by atoms with Crippen molar-refractivity contribution in [2.45, 2.75) is 57.2 Å². The summed E-state index contributed by atoms with van der Waals surface area (Å²) >= 11 is 12.6. The van der Waals surface area contributed by atoms with Crippen LogP contribution in [0.15, 0.2) is 42.7 Å². The highest BCUT2D eigenvalue weighted by molar-refractivity contribution is 6.36. The Morgan fingerprint density at radius 2 is 1.82 bits per heavy atom. The van der Waals surface area contributed by atoms with E-state index in [1.165, 1.54) is 50.6 Å². The van der Waals surface area contributed by atoms with E-state index in [0.29, 0.717) is 45.5 Å². The van der Waals surface area contributed by atoms with Crippen molar-refractivity contribution in [1.82, 2.24) is 24.9 Å². The van der Waals surface area contributed by atoms with Crippen LogP contribution in [0, 0.1) is 17.1 Å². The average Bonchev–Trinajstić information content (AvgIpc) is 3.27. The summed E-state index contributed by atoms with van der Waals surface area (Å²) < 4.78 is 15.7. The Hall–Kier alpha value is -3.45. The van der Waals surface area contributed by atoms with E-state index in [1.807, 2.05) is 16.9 Å². The van der Waals surface area contributed by atoms with E-state index in [9.17, 15) is 9.65 Å². The van der Waals surface area contributed by atoms with Crippen LogP contribution in [0.2, 0.25) is 10.0 Å². The van der Waals surface area contributed by atoms with Crippen LogP contribution in [0.25, 0.3) is 10.9 Å². The van der Waals surface area contributed by atoms with Gasteiger partial charge in [-0.15, -0.1) is 5.10 Å². The first-order chi connectivity index (χ1) is 19.5. The molecule has 1 unspecified atom stereocenters. The van der Waals surface area contributed by atoms with Crippen molar-refractivity contribution in [2.75, 3.05) is 23.7 Å². The average molecular weight is 580 g/mol. The van der Waals surface area contributed by atoms with Crippen LogP contribution in [0.3, 0.4) is 0 Å². The third kappa shape index (κ3) is 5.57. The first kappa shape index (κ1) is 26.8. The van der Waals surface area contributed by atoms with E-state index in [-0.39, 0.29) is 5.02 Å². The minimum Gasteiger partial charge on any atom is -0.379 e. The van der Waals surface area contributed by atoms with Crippen molar-refractivity contribution < 1.29 is 4.39 Å². The molecule has 8 nitrogen and oxygen atoms in total. The van der Waals surface area contributed by atoms with Gasteiger partial charge in [0.2, 0.25) is 0 Å². The van der Waals surface area contributed by atoms with E-state index >= 15 is 0 Å². The number of likely N-dealkylation sites (tertiary alicyclic amines) is 1. The van der Waals surface area contributed by atoms with Crippen LogP contribution in [0.4, 0.5) is 21.5 Å². The Bertz CT molecular complexity index is 1580. The Kier molecular flexibility index (Phi) is 7.74. The Labute approximate surface area is 242 Å². The Morgan fingerprint density at radius 1 is 1.00 bits per heavy atom. The van der Waals surface area contributed by atoms with Gasteiger partial charge in [0, 0.05) is 35.5 Å². The van der Waals surface area contributed by atoms with Gasteiger partial charge < -0.3 is 15.5 Å². The molecule has 3 heterocycles. The van der Waals surface area contributed by atoms with Gasteiger partial charge >= 0.3 is 0 Å². The zero-order valence-electron chi connectivity index (χ0n) is 21.9. The van der Waals surface area contributed by atoms with E-state index in [4.69, 9.17) is 23.2 Å². The second-order valence-corrected chi connectivity index (χ2v) is 11.3. The van der Waals surface area contributed by atoms with Crippen LogP contribution < -0.4 is 10.6 Å². The van der Waals surface area contributed by atoms with Crippen LogP contribution in [0.1, 0.15) is 55.8 Å². The molecule has 2 fully saturated rings. The summed E-state index contributed by atoms with van der Waals surface area (Å²) in [5.74, 6) is -0.520. The van der Waals surface area contributed by atoms with Crippen LogP contribution >= 0.6 is 23.2 Å². The van der Waals surface area contributed by atoms with Crippen molar-refractivity contribution >= 4 is 51.2 Å². The lowest BCUT2D eigenvalue weighted by atomic mass is 9.91. The fraction of sp³-hybridized carbons (Fsp3) is 0.379. The number of nitriles is 1. The van der Waals surface area contributed by atoms with Crippen molar-refractivity contribution in [1.29, 1.82) is 5.26 Å². The van der Waals surface area contributed by atoms with E-state index in [1.54, 1.807) is 12.1 Å². The summed E-state index contributed by atoms with van der Waals surface area (Å²) in [6, 6.07) is 11.3. The summed E-state index contributed by atoms with van der Waals surface area (Å²) in [4.78, 5) is 7.05. The zero-order chi connectivity index (χ0) is 27.6. The lowest BCUT2D eigenvalue weighted by molar-refractivity contribution is 0.130. The number of aromatic nitrogens is 4. The quantitative estimate of drug-likeness (QED) is 0.242. The minimum absolute atomic E-state index is 0.0187. The van der Waals surface area contributed by atoms with Gasteiger partial charge in [0.1, 0.15) is 17.6 Å². The topological polar surface area (TPSA) is 94.7 Å². The van der Waals surface area contributed by atoms with Gasteiger partial charge in [-0.1, -0.05) is 34.8 Å². The lowest BCUT2D eigenvalue weighted by Crippen LogP contribution is -2.40. The van der Waals surface area contributed by atoms with Crippen molar-refractivity contribution in [3.8, 4) is 6.07 Å². The maximum atomic E-state index is 13.7. The highest BCUT2D eigenvalue weighted by Gasteiger charge is 2.28. The predicted octanol–water partition coefficient (Wildman–Crippen LogP) is 7.08. The number of hydrogen-bond acceptors (Lipinski definition) is 7. The molecule has 11 heteroatoms. The van der Waals surface area contributed by atoms with Crippen molar-refractivity contribution in [3.05, 3.63) is 69.8 Å². The molecule has 0 radical (unpaired) electrons. The minimum atomic E-state index is -0.520. The molecule has 0 spiro atoms. The number of nitrogens with zero attached hydrogens (tertiary/aromatic N) is 6. The molecule has 0 bridgehead atoms. The molecule has 40 heavy (non-hydrogen) atoms. The largest absolute Gasteiger partial charge is 0.379 e. The molecule has 1 saturated heterocycles. The number of fused-ring (bicyclic) bond motifs is 1. The van der Waals surface area contributed by atoms with Gasteiger partial charge in [0.15, 0.2) is 0 Å². The summed E-state index contributed by atoms with van der Waals surface area (Å²) in [6.45, 7) is 2.77. The van der Waals surface area contributed by atoms with Gasteiger partial charge in [0.05, 0.1) is 45.6 Å². The molecule has 2 aromatic heterocycles. The number of nitrogens with one attached hydrogen (secondary N) is 2. The third-order valence-corrected chi connectivity index (χ3v) is 8.54.